The normalized spacial score (nSPS) is 13.2. The van der Waals surface area contributed by atoms with Crippen molar-refractivity contribution in [3.8, 4) is 5.75 Å². The van der Waals surface area contributed by atoms with Gasteiger partial charge < -0.3 is 9.84 Å². The summed E-state index contributed by atoms with van der Waals surface area (Å²) in [7, 11) is 1.61. The molecular weight excluding hydrogens is 306 g/mol. The first-order valence-corrected chi connectivity index (χ1v) is 8.03. The van der Waals surface area contributed by atoms with Crippen LogP contribution in [0.3, 0.4) is 0 Å². The second-order valence-corrected chi connectivity index (χ2v) is 7.30. The minimum absolute atomic E-state index is 0.00359. The van der Waals surface area contributed by atoms with E-state index in [1.54, 1.807) is 24.5 Å². The maximum atomic E-state index is 10.4. The van der Waals surface area contributed by atoms with Crippen molar-refractivity contribution in [3.05, 3.63) is 44.9 Å². The molecule has 0 radical (unpaired) electrons. The molecule has 0 saturated carbocycles. The Labute approximate surface area is 134 Å². The lowest BCUT2D eigenvalue weighted by Crippen LogP contribution is -2.11. The predicted octanol–water partition coefficient (Wildman–Crippen LogP) is 4.38. The van der Waals surface area contributed by atoms with E-state index in [4.69, 9.17) is 16.3 Å². The Kier molecular flexibility index (Phi) is 4.91. The van der Waals surface area contributed by atoms with Gasteiger partial charge in [0.15, 0.2) is 0 Å². The quantitative estimate of drug-likeness (QED) is 0.907. The molecule has 1 aromatic carbocycles. The average molecular weight is 326 g/mol. The number of aromatic nitrogens is 1. The minimum Gasteiger partial charge on any atom is -0.496 e. The van der Waals surface area contributed by atoms with Gasteiger partial charge in [0, 0.05) is 22.2 Å². The van der Waals surface area contributed by atoms with E-state index in [9.17, 15) is 5.11 Å². The van der Waals surface area contributed by atoms with Crippen molar-refractivity contribution in [2.75, 3.05) is 7.11 Å². The number of aliphatic hydroxyl groups is 1. The molecule has 2 aromatic rings. The third-order valence-corrected chi connectivity index (χ3v) is 4.68. The summed E-state index contributed by atoms with van der Waals surface area (Å²) >= 11 is 7.60. The molecule has 2 rings (SSSR count). The lowest BCUT2D eigenvalue weighted by atomic mass is 9.98. The molecule has 1 heterocycles. The molecule has 21 heavy (non-hydrogen) atoms. The highest BCUT2D eigenvalue weighted by Gasteiger charge is 2.21. The molecule has 0 aliphatic heterocycles. The number of aliphatic hydroxyl groups excluding tert-OH is 1. The van der Waals surface area contributed by atoms with Crippen LogP contribution >= 0.6 is 22.9 Å². The topological polar surface area (TPSA) is 42.4 Å². The number of methoxy groups -OCH3 is 1. The molecular formula is C16H20ClNO2S. The van der Waals surface area contributed by atoms with E-state index in [0.29, 0.717) is 17.1 Å². The van der Waals surface area contributed by atoms with Gasteiger partial charge in [-0.15, -0.1) is 11.3 Å². The molecule has 0 fully saturated rings. The zero-order valence-electron chi connectivity index (χ0n) is 12.7. The van der Waals surface area contributed by atoms with Crippen LogP contribution in [0.2, 0.25) is 5.02 Å². The maximum Gasteiger partial charge on any atom is 0.122 e. The summed E-state index contributed by atoms with van der Waals surface area (Å²) in [5.41, 5.74) is 1.57. The lowest BCUT2D eigenvalue weighted by Gasteiger charge is -2.15. The summed E-state index contributed by atoms with van der Waals surface area (Å²) in [4.78, 5) is 4.55. The van der Waals surface area contributed by atoms with Gasteiger partial charge in [0.2, 0.25) is 0 Å². The SMILES string of the molecule is COc1ccc(Cl)cc1CC(O)c1csc(C(C)(C)C)n1. The molecule has 1 atom stereocenters. The Balaban J connectivity index is 2.20. The van der Waals surface area contributed by atoms with Gasteiger partial charge >= 0.3 is 0 Å². The third kappa shape index (κ3) is 3.96. The number of benzene rings is 1. The van der Waals surface area contributed by atoms with E-state index in [-0.39, 0.29) is 5.41 Å². The zero-order chi connectivity index (χ0) is 15.6. The third-order valence-electron chi connectivity index (χ3n) is 3.16. The Hall–Kier alpha value is -1.10. The Morgan fingerprint density at radius 1 is 1.38 bits per heavy atom. The molecule has 1 N–H and O–H groups in total. The summed E-state index contributed by atoms with van der Waals surface area (Å²) in [6, 6.07) is 5.41. The van der Waals surface area contributed by atoms with Crippen LogP contribution in [0.5, 0.6) is 5.75 Å². The summed E-state index contributed by atoms with van der Waals surface area (Å²) in [5.74, 6) is 0.727. The molecule has 114 valence electrons. The first kappa shape index (κ1) is 16.3. The van der Waals surface area contributed by atoms with E-state index >= 15 is 0 Å². The van der Waals surface area contributed by atoms with E-state index in [1.165, 1.54) is 0 Å². The van der Waals surface area contributed by atoms with Crippen LogP contribution in [0.15, 0.2) is 23.6 Å². The fourth-order valence-electron chi connectivity index (χ4n) is 2.00. The first-order valence-electron chi connectivity index (χ1n) is 6.77. The smallest absolute Gasteiger partial charge is 0.122 e. The van der Waals surface area contributed by atoms with Crippen LogP contribution in [0, 0.1) is 0 Å². The summed E-state index contributed by atoms with van der Waals surface area (Å²) in [6.45, 7) is 6.34. The van der Waals surface area contributed by atoms with Crippen molar-refractivity contribution in [1.82, 2.24) is 4.98 Å². The summed E-state index contributed by atoms with van der Waals surface area (Å²) < 4.78 is 5.31. The molecule has 1 aromatic heterocycles. The molecule has 5 heteroatoms. The van der Waals surface area contributed by atoms with Gasteiger partial charge in [-0.2, -0.15) is 0 Å². The van der Waals surface area contributed by atoms with Crippen LogP contribution in [0.25, 0.3) is 0 Å². The standard InChI is InChI=1S/C16H20ClNO2S/c1-16(2,3)15-18-12(9-21-15)13(19)8-10-7-11(17)5-6-14(10)20-4/h5-7,9,13,19H,8H2,1-4H3. The van der Waals surface area contributed by atoms with Gasteiger partial charge in [0.25, 0.3) is 0 Å². The molecule has 3 nitrogen and oxygen atoms in total. The molecule has 0 aliphatic carbocycles. The number of rotatable bonds is 4. The van der Waals surface area contributed by atoms with Gasteiger partial charge in [-0.05, 0) is 23.8 Å². The van der Waals surface area contributed by atoms with Crippen molar-refractivity contribution in [2.45, 2.75) is 38.7 Å². The average Bonchev–Trinajstić information content (AvgIpc) is 2.88. The van der Waals surface area contributed by atoms with Crippen LogP contribution in [0.4, 0.5) is 0 Å². The van der Waals surface area contributed by atoms with Crippen molar-refractivity contribution >= 4 is 22.9 Å². The first-order chi connectivity index (χ1) is 9.81. The van der Waals surface area contributed by atoms with Crippen molar-refractivity contribution in [3.63, 3.8) is 0 Å². The van der Waals surface area contributed by atoms with Gasteiger partial charge in [0.1, 0.15) is 11.9 Å². The lowest BCUT2D eigenvalue weighted by molar-refractivity contribution is 0.173. The number of thiazole rings is 1. The van der Waals surface area contributed by atoms with Crippen LogP contribution in [0.1, 0.15) is 43.1 Å². The van der Waals surface area contributed by atoms with Crippen LogP contribution < -0.4 is 4.74 Å². The number of hydrogen-bond donors (Lipinski definition) is 1. The second kappa shape index (κ2) is 6.34. The Morgan fingerprint density at radius 3 is 2.67 bits per heavy atom. The maximum absolute atomic E-state index is 10.4. The van der Waals surface area contributed by atoms with Gasteiger partial charge in [-0.1, -0.05) is 32.4 Å². The highest BCUT2D eigenvalue weighted by Crippen LogP contribution is 2.31. The fraction of sp³-hybridized carbons (Fsp3) is 0.438. The van der Waals surface area contributed by atoms with Crippen molar-refractivity contribution in [1.29, 1.82) is 0 Å². The van der Waals surface area contributed by atoms with E-state index in [0.717, 1.165) is 16.3 Å². The highest BCUT2D eigenvalue weighted by atomic mass is 35.5. The predicted molar refractivity (Wildman–Crippen MR) is 87.5 cm³/mol. The summed E-state index contributed by atoms with van der Waals surface area (Å²) in [6.07, 6.45) is -0.235. The van der Waals surface area contributed by atoms with E-state index < -0.39 is 6.10 Å². The molecule has 0 spiro atoms. The number of hydrogen-bond acceptors (Lipinski definition) is 4. The number of ether oxygens (including phenoxy) is 1. The second-order valence-electron chi connectivity index (χ2n) is 6.00. The van der Waals surface area contributed by atoms with Crippen LogP contribution in [-0.4, -0.2) is 17.2 Å². The molecule has 0 saturated heterocycles. The Morgan fingerprint density at radius 2 is 2.10 bits per heavy atom. The van der Waals surface area contributed by atoms with Crippen molar-refractivity contribution < 1.29 is 9.84 Å². The van der Waals surface area contributed by atoms with Crippen LogP contribution in [-0.2, 0) is 11.8 Å². The fourth-order valence-corrected chi connectivity index (χ4v) is 3.15. The molecule has 0 aliphatic rings. The molecule has 1 unspecified atom stereocenters. The number of nitrogens with zero attached hydrogens (tertiary/aromatic N) is 1. The molecule has 0 amide bonds. The zero-order valence-corrected chi connectivity index (χ0v) is 14.3. The van der Waals surface area contributed by atoms with E-state index in [1.807, 2.05) is 17.5 Å². The van der Waals surface area contributed by atoms with E-state index in [2.05, 4.69) is 25.8 Å². The monoisotopic (exact) mass is 325 g/mol. The van der Waals surface area contributed by atoms with Gasteiger partial charge in [-0.3, -0.25) is 0 Å². The molecule has 0 bridgehead atoms. The highest BCUT2D eigenvalue weighted by molar-refractivity contribution is 7.09. The Bertz CT molecular complexity index is 619. The van der Waals surface area contributed by atoms with Crippen molar-refractivity contribution in [2.24, 2.45) is 0 Å². The van der Waals surface area contributed by atoms with Gasteiger partial charge in [0.05, 0.1) is 17.8 Å². The van der Waals surface area contributed by atoms with Gasteiger partial charge in [-0.25, -0.2) is 4.98 Å². The summed E-state index contributed by atoms with van der Waals surface area (Å²) in [5, 5.41) is 14.0. The minimum atomic E-state index is -0.662. The largest absolute Gasteiger partial charge is 0.496 e. The number of halogens is 1.